The monoisotopic (exact) mass is 382 g/mol. The summed E-state index contributed by atoms with van der Waals surface area (Å²) in [6, 6.07) is 6.71. The zero-order chi connectivity index (χ0) is 18.7. The first-order chi connectivity index (χ1) is 12.3. The normalized spacial score (nSPS) is 17.2. The van der Waals surface area contributed by atoms with Gasteiger partial charge in [0.25, 0.3) is 5.91 Å². The van der Waals surface area contributed by atoms with E-state index in [1.54, 1.807) is 0 Å². The van der Waals surface area contributed by atoms with Crippen LogP contribution in [0.4, 0.5) is 13.2 Å². The third-order valence-electron chi connectivity index (χ3n) is 3.62. The molecule has 0 radical (unpaired) electrons. The quantitative estimate of drug-likeness (QED) is 0.874. The van der Waals surface area contributed by atoms with Crippen LogP contribution in [0.25, 0.3) is 0 Å². The number of nitrogens with one attached hydrogen (secondary N) is 1. The third kappa shape index (κ3) is 4.34. The average molecular weight is 382 g/mol. The molecule has 2 heterocycles. The number of carbonyl (C=O) groups excluding carboxylic acids is 2. The molecule has 1 aromatic carbocycles. The van der Waals surface area contributed by atoms with E-state index in [1.807, 2.05) is 0 Å². The Kier molecular flexibility index (Phi) is 5.17. The third-order valence-corrected chi connectivity index (χ3v) is 4.63. The Labute approximate surface area is 150 Å². The van der Waals surface area contributed by atoms with Gasteiger partial charge in [-0.15, -0.1) is 0 Å². The van der Waals surface area contributed by atoms with Gasteiger partial charge >= 0.3 is 6.18 Å². The van der Waals surface area contributed by atoms with E-state index in [4.69, 9.17) is 4.74 Å². The van der Waals surface area contributed by atoms with Gasteiger partial charge in [-0.1, -0.05) is 17.8 Å². The fraction of sp³-hybridized carbons (Fsp3) is 0.235. The largest absolute Gasteiger partial charge is 0.439 e. The van der Waals surface area contributed by atoms with Crippen molar-refractivity contribution >= 4 is 22.8 Å². The van der Waals surface area contributed by atoms with Gasteiger partial charge in [0, 0.05) is 18.0 Å². The van der Waals surface area contributed by atoms with Gasteiger partial charge in [-0.25, -0.2) is 4.98 Å². The van der Waals surface area contributed by atoms with E-state index in [-0.39, 0.29) is 22.3 Å². The van der Waals surface area contributed by atoms with Gasteiger partial charge in [-0.3, -0.25) is 9.59 Å². The number of hydrogen-bond acceptors (Lipinski definition) is 5. The summed E-state index contributed by atoms with van der Waals surface area (Å²) in [5.41, 5.74) is -0.601. The molecular formula is C17H13F3N2O3S. The molecule has 0 spiro atoms. The van der Waals surface area contributed by atoms with Crippen molar-refractivity contribution in [1.82, 2.24) is 10.3 Å². The number of benzene rings is 1. The maximum atomic E-state index is 12.7. The zero-order valence-electron chi connectivity index (χ0n) is 13.2. The first-order valence-electron chi connectivity index (χ1n) is 7.61. The van der Waals surface area contributed by atoms with E-state index < -0.39 is 23.7 Å². The molecule has 1 saturated heterocycles. The Morgan fingerprint density at radius 2 is 2.08 bits per heavy atom. The number of rotatable bonds is 4. The fourth-order valence-corrected chi connectivity index (χ4v) is 3.23. The second-order valence-electron chi connectivity index (χ2n) is 5.49. The molecule has 1 N–H and O–H groups in total. The van der Waals surface area contributed by atoms with Gasteiger partial charge in [0.2, 0.25) is 11.0 Å². The molecule has 2 aromatic rings. The summed E-state index contributed by atoms with van der Waals surface area (Å²) in [5, 5.41) is 2.55. The smallest absolute Gasteiger partial charge is 0.416 e. The standard InChI is InChI=1S/C17H13F3N2O3S/c18-17(19,20)11-2-1-3-12(8-11)25-14-5-4-10(9-21-14)15(23)22-13-6-7-26-16(13)24/h1-5,8-9,13H,6-7H2,(H,22,23)/t13-/m0/s1. The maximum Gasteiger partial charge on any atom is 0.416 e. The molecule has 3 rings (SSSR count). The van der Waals surface area contributed by atoms with Crippen LogP contribution < -0.4 is 10.1 Å². The van der Waals surface area contributed by atoms with E-state index in [0.717, 1.165) is 12.1 Å². The number of pyridine rings is 1. The minimum absolute atomic E-state index is 0.0156. The second-order valence-corrected chi connectivity index (χ2v) is 6.59. The highest BCUT2D eigenvalue weighted by molar-refractivity contribution is 8.14. The van der Waals surface area contributed by atoms with Crippen molar-refractivity contribution in [1.29, 1.82) is 0 Å². The minimum Gasteiger partial charge on any atom is -0.439 e. The number of carbonyl (C=O) groups is 2. The molecule has 1 amide bonds. The molecule has 9 heteroatoms. The van der Waals surface area contributed by atoms with Crippen LogP contribution in [-0.4, -0.2) is 27.8 Å². The van der Waals surface area contributed by atoms with Gasteiger partial charge in [0.05, 0.1) is 17.2 Å². The molecule has 136 valence electrons. The molecular weight excluding hydrogens is 369 g/mol. The second kappa shape index (κ2) is 7.36. The lowest BCUT2D eigenvalue weighted by Gasteiger charge is -2.11. The van der Waals surface area contributed by atoms with Gasteiger partial charge < -0.3 is 10.1 Å². The van der Waals surface area contributed by atoms with Crippen molar-refractivity contribution in [3.8, 4) is 11.6 Å². The molecule has 1 aromatic heterocycles. The summed E-state index contributed by atoms with van der Waals surface area (Å²) in [6.45, 7) is 0. The summed E-state index contributed by atoms with van der Waals surface area (Å²) in [4.78, 5) is 27.5. The van der Waals surface area contributed by atoms with E-state index in [2.05, 4.69) is 10.3 Å². The number of nitrogens with zero attached hydrogens (tertiary/aromatic N) is 1. The molecule has 1 atom stereocenters. The first-order valence-corrected chi connectivity index (χ1v) is 8.60. The summed E-state index contributed by atoms with van der Waals surface area (Å²) in [6.07, 6.45) is -2.64. The van der Waals surface area contributed by atoms with Gasteiger partial charge in [0.1, 0.15) is 5.75 Å². The molecule has 0 bridgehead atoms. The number of thioether (sulfide) groups is 1. The Bertz CT molecular complexity index is 825. The summed E-state index contributed by atoms with van der Waals surface area (Å²) in [5.74, 6) is 0.265. The summed E-state index contributed by atoms with van der Waals surface area (Å²) in [7, 11) is 0. The van der Waals surface area contributed by atoms with Crippen LogP contribution in [-0.2, 0) is 11.0 Å². The maximum absolute atomic E-state index is 12.7. The molecule has 1 aliphatic rings. The van der Waals surface area contributed by atoms with Crippen LogP contribution in [0.3, 0.4) is 0 Å². The number of ether oxygens (including phenoxy) is 1. The van der Waals surface area contributed by atoms with Crippen LogP contribution in [0.1, 0.15) is 22.3 Å². The summed E-state index contributed by atoms with van der Waals surface area (Å²) < 4.78 is 43.4. The lowest BCUT2D eigenvalue weighted by Crippen LogP contribution is -2.37. The van der Waals surface area contributed by atoms with E-state index in [1.165, 1.54) is 42.2 Å². The van der Waals surface area contributed by atoms with Crippen molar-refractivity contribution in [2.24, 2.45) is 0 Å². The SMILES string of the molecule is O=C(N[C@H]1CCSC1=O)c1ccc(Oc2cccc(C(F)(F)F)c2)nc1. The van der Waals surface area contributed by atoms with Crippen LogP contribution in [0.5, 0.6) is 11.6 Å². The predicted molar refractivity (Wildman–Crippen MR) is 89.1 cm³/mol. The van der Waals surface area contributed by atoms with Crippen molar-refractivity contribution < 1.29 is 27.5 Å². The number of amides is 1. The lowest BCUT2D eigenvalue weighted by atomic mass is 10.2. The van der Waals surface area contributed by atoms with Crippen molar-refractivity contribution in [2.45, 2.75) is 18.6 Å². The molecule has 0 saturated carbocycles. The molecule has 26 heavy (non-hydrogen) atoms. The highest BCUT2D eigenvalue weighted by Crippen LogP contribution is 2.32. The Hall–Kier alpha value is -2.55. The molecule has 0 aliphatic carbocycles. The lowest BCUT2D eigenvalue weighted by molar-refractivity contribution is -0.137. The Balaban J connectivity index is 1.66. The van der Waals surface area contributed by atoms with Crippen molar-refractivity contribution in [3.63, 3.8) is 0 Å². The topological polar surface area (TPSA) is 68.3 Å². The average Bonchev–Trinajstić information content (AvgIpc) is 3.00. The van der Waals surface area contributed by atoms with E-state index in [9.17, 15) is 22.8 Å². The summed E-state index contributed by atoms with van der Waals surface area (Å²) >= 11 is 1.18. The number of hydrogen-bond donors (Lipinski definition) is 1. The molecule has 1 aliphatic heterocycles. The van der Waals surface area contributed by atoms with Gasteiger partial charge in [-0.2, -0.15) is 13.2 Å². The molecule has 0 unspecified atom stereocenters. The molecule has 1 fully saturated rings. The Morgan fingerprint density at radius 3 is 2.69 bits per heavy atom. The first kappa shape index (κ1) is 18.2. The van der Waals surface area contributed by atoms with Crippen LogP contribution in [0.2, 0.25) is 0 Å². The van der Waals surface area contributed by atoms with Gasteiger partial charge in [-0.05, 0) is 30.7 Å². The van der Waals surface area contributed by atoms with Crippen LogP contribution in [0.15, 0.2) is 42.6 Å². The van der Waals surface area contributed by atoms with Crippen molar-refractivity contribution in [2.75, 3.05) is 5.75 Å². The van der Waals surface area contributed by atoms with Crippen molar-refractivity contribution in [3.05, 3.63) is 53.7 Å². The Morgan fingerprint density at radius 1 is 1.27 bits per heavy atom. The number of alkyl halides is 3. The number of aromatic nitrogens is 1. The highest BCUT2D eigenvalue weighted by Gasteiger charge is 2.30. The van der Waals surface area contributed by atoms with E-state index in [0.29, 0.717) is 12.2 Å². The van der Waals surface area contributed by atoms with E-state index >= 15 is 0 Å². The van der Waals surface area contributed by atoms with Crippen LogP contribution >= 0.6 is 11.8 Å². The predicted octanol–water partition coefficient (Wildman–Crippen LogP) is 3.65. The zero-order valence-corrected chi connectivity index (χ0v) is 14.1. The van der Waals surface area contributed by atoms with Gasteiger partial charge in [0.15, 0.2) is 0 Å². The van der Waals surface area contributed by atoms with Crippen LogP contribution in [0, 0.1) is 0 Å². The minimum atomic E-state index is -4.47. The molecule has 5 nitrogen and oxygen atoms in total. The highest BCUT2D eigenvalue weighted by atomic mass is 32.2. The number of halogens is 3. The fourth-order valence-electron chi connectivity index (χ4n) is 2.30.